The van der Waals surface area contributed by atoms with Crippen LogP contribution in [0.1, 0.15) is 12.8 Å². The largest absolute Gasteiger partial charge is 0.330 e. The fourth-order valence-electron chi connectivity index (χ4n) is 1.75. The van der Waals surface area contributed by atoms with Crippen molar-refractivity contribution in [1.82, 2.24) is 4.90 Å². The van der Waals surface area contributed by atoms with Gasteiger partial charge in [0, 0.05) is 12.6 Å². The third kappa shape index (κ3) is 1.82. The molecule has 1 aliphatic carbocycles. The van der Waals surface area contributed by atoms with Crippen molar-refractivity contribution in [2.24, 2.45) is 11.7 Å². The standard InChI is InChI=1S/C9H18N2/c1-3-6-11(2)9-5-4-8(9)7-10/h3,8-9H,1,4-7,10H2,2H3. The summed E-state index contributed by atoms with van der Waals surface area (Å²) in [6, 6.07) is 0.720. The monoisotopic (exact) mass is 154 g/mol. The molecule has 0 aromatic rings. The van der Waals surface area contributed by atoms with Gasteiger partial charge in [-0.1, -0.05) is 6.08 Å². The van der Waals surface area contributed by atoms with Crippen LogP contribution in [0.5, 0.6) is 0 Å². The molecule has 0 aromatic carbocycles. The van der Waals surface area contributed by atoms with Crippen LogP contribution in [0.3, 0.4) is 0 Å². The Morgan fingerprint density at radius 3 is 2.73 bits per heavy atom. The van der Waals surface area contributed by atoms with E-state index >= 15 is 0 Å². The van der Waals surface area contributed by atoms with Crippen molar-refractivity contribution in [3.63, 3.8) is 0 Å². The minimum absolute atomic E-state index is 0.720. The van der Waals surface area contributed by atoms with Gasteiger partial charge in [0.05, 0.1) is 0 Å². The third-order valence-electron chi connectivity index (χ3n) is 2.66. The highest BCUT2D eigenvalue weighted by molar-refractivity contribution is 4.90. The molecule has 1 fully saturated rings. The SMILES string of the molecule is C=CCN(C)C1CCC1CN. The quantitative estimate of drug-likeness (QED) is 0.608. The van der Waals surface area contributed by atoms with Crippen LogP contribution in [-0.4, -0.2) is 31.1 Å². The van der Waals surface area contributed by atoms with Crippen molar-refractivity contribution in [3.8, 4) is 0 Å². The maximum atomic E-state index is 5.61. The molecule has 2 heteroatoms. The first-order chi connectivity index (χ1) is 5.29. The Hall–Kier alpha value is -0.340. The molecule has 1 aliphatic rings. The van der Waals surface area contributed by atoms with Crippen LogP contribution >= 0.6 is 0 Å². The van der Waals surface area contributed by atoms with Gasteiger partial charge in [-0.2, -0.15) is 0 Å². The van der Waals surface area contributed by atoms with E-state index in [1.807, 2.05) is 6.08 Å². The lowest BCUT2D eigenvalue weighted by atomic mass is 9.79. The van der Waals surface area contributed by atoms with Gasteiger partial charge < -0.3 is 5.73 Å². The van der Waals surface area contributed by atoms with Gasteiger partial charge in [0.1, 0.15) is 0 Å². The first-order valence-electron chi connectivity index (χ1n) is 4.30. The summed E-state index contributed by atoms with van der Waals surface area (Å²) in [5.74, 6) is 0.736. The highest BCUT2D eigenvalue weighted by atomic mass is 15.1. The molecule has 0 bridgehead atoms. The van der Waals surface area contributed by atoms with E-state index in [1.165, 1.54) is 12.8 Å². The molecule has 11 heavy (non-hydrogen) atoms. The predicted octanol–water partition coefficient (Wildman–Crippen LogP) is 0.841. The number of likely N-dealkylation sites (N-methyl/N-ethyl adjacent to an activating group) is 1. The first kappa shape index (κ1) is 8.75. The van der Waals surface area contributed by atoms with Gasteiger partial charge in [-0.3, -0.25) is 4.90 Å². The molecule has 2 unspecified atom stereocenters. The number of hydrogen-bond acceptors (Lipinski definition) is 2. The van der Waals surface area contributed by atoms with Crippen LogP contribution < -0.4 is 5.73 Å². The van der Waals surface area contributed by atoms with Crippen LogP contribution in [0.4, 0.5) is 0 Å². The van der Waals surface area contributed by atoms with Crippen LogP contribution in [0.15, 0.2) is 12.7 Å². The highest BCUT2D eigenvalue weighted by Gasteiger charge is 2.31. The zero-order valence-corrected chi connectivity index (χ0v) is 7.29. The van der Waals surface area contributed by atoms with E-state index in [0.717, 1.165) is 25.0 Å². The second-order valence-electron chi connectivity index (χ2n) is 3.37. The lowest BCUT2D eigenvalue weighted by molar-refractivity contribution is 0.0999. The molecule has 0 aliphatic heterocycles. The first-order valence-corrected chi connectivity index (χ1v) is 4.30. The molecule has 0 aromatic heterocycles. The summed E-state index contributed by atoms with van der Waals surface area (Å²) in [5.41, 5.74) is 5.61. The lowest BCUT2D eigenvalue weighted by Crippen LogP contribution is -2.48. The Labute approximate surface area is 69.1 Å². The Bertz CT molecular complexity index is 132. The van der Waals surface area contributed by atoms with E-state index in [-0.39, 0.29) is 0 Å². The van der Waals surface area contributed by atoms with Crippen LogP contribution in [0.25, 0.3) is 0 Å². The number of hydrogen-bond donors (Lipinski definition) is 1. The predicted molar refractivity (Wildman–Crippen MR) is 48.4 cm³/mol. The van der Waals surface area contributed by atoms with Crippen molar-refractivity contribution >= 4 is 0 Å². The summed E-state index contributed by atoms with van der Waals surface area (Å²) in [6.07, 6.45) is 4.57. The van der Waals surface area contributed by atoms with Crippen molar-refractivity contribution in [1.29, 1.82) is 0 Å². The average molecular weight is 154 g/mol. The van der Waals surface area contributed by atoms with Crippen LogP contribution in [0.2, 0.25) is 0 Å². The minimum atomic E-state index is 0.720. The molecule has 1 rings (SSSR count). The second kappa shape index (κ2) is 3.88. The summed E-state index contributed by atoms with van der Waals surface area (Å²) < 4.78 is 0. The van der Waals surface area contributed by atoms with E-state index < -0.39 is 0 Å². The molecule has 0 amide bonds. The Morgan fingerprint density at radius 2 is 2.36 bits per heavy atom. The minimum Gasteiger partial charge on any atom is -0.330 e. The summed E-state index contributed by atoms with van der Waals surface area (Å²) in [4.78, 5) is 2.34. The molecule has 64 valence electrons. The lowest BCUT2D eigenvalue weighted by Gasteiger charge is -2.41. The fourth-order valence-corrected chi connectivity index (χ4v) is 1.75. The van der Waals surface area contributed by atoms with Gasteiger partial charge in [-0.25, -0.2) is 0 Å². The van der Waals surface area contributed by atoms with Gasteiger partial charge in [0.15, 0.2) is 0 Å². The molecule has 2 nitrogen and oxygen atoms in total. The topological polar surface area (TPSA) is 29.3 Å². The van der Waals surface area contributed by atoms with E-state index in [0.29, 0.717) is 0 Å². The molecule has 2 atom stereocenters. The van der Waals surface area contributed by atoms with E-state index in [2.05, 4.69) is 18.5 Å². The third-order valence-corrected chi connectivity index (χ3v) is 2.66. The summed E-state index contributed by atoms with van der Waals surface area (Å²) in [6.45, 7) is 5.55. The average Bonchev–Trinajstić information content (AvgIpc) is 1.86. The van der Waals surface area contributed by atoms with Gasteiger partial charge >= 0.3 is 0 Å². The van der Waals surface area contributed by atoms with E-state index in [9.17, 15) is 0 Å². The van der Waals surface area contributed by atoms with E-state index in [1.54, 1.807) is 0 Å². The summed E-state index contributed by atoms with van der Waals surface area (Å²) in [7, 11) is 2.15. The van der Waals surface area contributed by atoms with Gasteiger partial charge in [-0.05, 0) is 32.4 Å². The van der Waals surface area contributed by atoms with Crippen molar-refractivity contribution in [2.45, 2.75) is 18.9 Å². The van der Waals surface area contributed by atoms with Gasteiger partial charge in [0.25, 0.3) is 0 Å². The molecule has 2 N–H and O–H groups in total. The zero-order valence-electron chi connectivity index (χ0n) is 7.29. The molecule has 0 heterocycles. The Morgan fingerprint density at radius 1 is 1.64 bits per heavy atom. The Balaban J connectivity index is 2.29. The fraction of sp³-hybridized carbons (Fsp3) is 0.778. The Kier molecular flexibility index (Phi) is 3.09. The highest BCUT2D eigenvalue weighted by Crippen LogP contribution is 2.30. The normalized spacial score (nSPS) is 30.1. The molecule has 1 saturated carbocycles. The van der Waals surface area contributed by atoms with Gasteiger partial charge in [0.2, 0.25) is 0 Å². The second-order valence-corrected chi connectivity index (χ2v) is 3.37. The van der Waals surface area contributed by atoms with Crippen molar-refractivity contribution in [2.75, 3.05) is 20.1 Å². The maximum Gasteiger partial charge on any atom is 0.0160 e. The van der Waals surface area contributed by atoms with E-state index in [4.69, 9.17) is 5.73 Å². The number of rotatable bonds is 4. The molecule has 0 radical (unpaired) electrons. The van der Waals surface area contributed by atoms with Crippen molar-refractivity contribution in [3.05, 3.63) is 12.7 Å². The zero-order chi connectivity index (χ0) is 8.27. The number of nitrogens with two attached hydrogens (primary N) is 1. The van der Waals surface area contributed by atoms with Crippen molar-refractivity contribution < 1.29 is 0 Å². The summed E-state index contributed by atoms with van der Waals surface area (Å²) >= 11 is 0. The molecular weight excluding hydrogens is 136 g/mol. The molecule has 0 saturated heterocycles. The smallest absolute Gasteiger partial charge is 0.0160 e. The summed E-state index contributed by atoms with van der Waals surface area (Å²) in [5, 5.41) is 0. The van der Waals surface area contributed by atoms with Crippen LogP contribution in [-0.2, 0) is 0 Å². The molecule has 0 spiro atoms. The van der Waals surface area contributed by atoms with Crippen LogP contribution in [0, 0.1) is 5.92 Å². The maximum absolute atomic E-state index is 5.61. The molecular formula is C9H18N2. The van der Waals surface area contributed by atoms with Gasteiger partial charge in [-0.15, -0.1) is 6.58 Å². The number of nitrogens with zero attached hydrogens (tertiary/aromatic N) is 1.